The lowest BCUT2D eigenvalue weighted by Crippen LogP contribution is -2.21. The first kappa shape index (κ1) is 30.8. The Labute approximate surface area is 252 Å². The fourth-order valence-electron chi connectivity index (χ4n) is 4.04. The molecule has 5 rings (SSSR count). The molecule has 0 saturated heterocycles. The van der Waals surface area contributed by atoms with Crippen LogP contribution < -0.4 is 30.0 Å². The molecule has 0 aliphatic carbocycles. The molecule has 0 fully saturated rings. The van der Waals surface area contributed by atoms with Crippen molar-refractivity contribution < 1.29 is 41.3 Å². The number of nitrogens with two attached hydrogens (primary N) is 1. The second kappa shape index (κ2) is 12.5. The Morgan fingerprint density at radius 1 is 1.02 bits per heavy atom. The second-order valence-corrected chi connectivity index (χ2v) is 9.68. The van der Waals surface area contributed by atoms with Gasteiger partial charge in [0, 0.05) is 23.7 Å². The Hall–Kier alpha value is -5.67. The van der Waals surface area contributed by atoms with Gasteiger partial charge in [0.15, 0.2) is 35.4 Å². The standard InChI is InChI=1S/C29H25F4N7O5/c1-15(2)44-23-10-20-17(9-22(23)42-3)21(6-7-35-20)45-16-4-5-19(18(30)8-16)38-28(41)27-24(43-14-29(31,32)33)13-40(39-27)26-12-36-25(34)11-37-26/h4-13,15H,14H2,1-3H3,(H2,34,36)(H,38,41). The van der Waals surface area contributed by atoms with Crippen LogP contribution in [0.25, 0.3) is 16.7 Å². The van der Waals surface area contributed by atoms with Crippen molar-refractivity contribution in [3.8, 4) is 34.6 Å². The Kier molecular flexibility index (Phi) is 8.56. The van der Waals surface area contributed by atoms with Crippen molar-refractivity contribution in [1.29, 1.82) is 0 Å². The monoisotopic (exact) mass is 627 g/mol. The minimum Gasteiger partial charge on any atom is -0.493 e. The van der Waals surface area contributed by atoms with Crippen molar-refractivity contribution in [3.63, 3.8) is 0 Å². The van der Waals surface area contributed by atoms with Crippen LogP contribution in [-0.2, 0) is 0 Å². The molecule has 1 amide bonds. The molecular formula is C29H25F4N7O5. The Morgan fingerprint density at radius 3 is 2.49 bits per heavy atom. The van der Waals surface area contributed by atoms with E-state index < -0.39 is 36.0 Å². The van der Waals surface area contributed by atoms with Gasteiger partial charge in [0.25, 0.3) is 5.91 Å². The smallest absolute Gasteiger partial charge is 0.422 e. The number of hydrogen-bond donors (Lipinski definition) is 2. The number of methoxy groups -OCH3 is 1. The van der Waals surface area contributed by atoms with Gasteiger partial charge in [-0.15, -0.1) is 0 Å². The van der Waals surface area contributed by atoms with Crippen LogP contribution in [0.2, 0.25) is 0 Å². The molecular weight excluding hydrogens is 602 g/mol. The number of nitrogens with zero attached hydrogens (tertiary/aromatic N) is 5. The highest BCUT2D eigenvalue weighted by molar-refractivity contribution is 6.04. The lowest BCUT2D eigenvalue weighted by molar-refractivity contribution is -0.153. The van der Waals surface area contributed by atoms with Crippen molar-refractivity contribution in [2.45, 2.75) is 26.1 Å². The van der Waals surface area contributed by atoms with Crippen LogP contribution in [0.5, 0.6) is 28.7 Å². The van der Waals surface area contributed by atoms with Crippen LogP contribution in [0.15, 0.2) is 61.2 Å². The summed E-state index contributed by atoms with van der Waals surface area (Å²) in [5, 5.41) is 6.83. The highest BCUT2D eigenvalue weighted by atomic mass is 19.4. The van der Waals surface area contributed by atoms with E-state index in [0.29, 0.717) is 28.2 Å². The maximum Gasteiger partial charge on any atom is 0.422 e. The van der Waals surface area contributed by atoms with E-state index in [2.05, 4.69) is 25.4 Å². The molecule has 3 N–H and O–H groups in total. The number of anilines is 2. The second-order valence-electron chi connectivity index (χ2n) is 9.68. The van der Waals surface area contributed by atoms with Crippen LogP contribution >= 0.6 is 0 Å². The molecule has 0 bridgehead atoms. The highest BCUT2D eigenvalue weighted by Crippen LogP contribution is 2.38. The summed E-state index contributed by atoms with van der Waals surface area (Å²) < 4.78 is 76.7. The van der Waals surface area contributed by atoms with Crippen LogP contribution in [0.3, 0.4) is 0 Å². The number of fused-ring (bicyclic) bond motifs is 1. The summed E-state index contributed by atoms with van der Waals surface area (Å²) in [6.07, 6.45) is 0.105. The fraction of sp³-hybridized carbons (Fsp3) is 0.207. The van der Waals surface area contributed by atoms with E-state index >= 15 is 4.39 Å². The predicted octanol–water partition coefficient (Wildman–Crippen LogP) is 5.71. The molecule has 3 aromatic heterocycles. The SMILES string of the molecule is COc1cc2c(Oc3ccc(NC(=O)c4nn(-c5cnc(N)cn5)cc4OCC(F)(F)F)c(F)c3)ccnc2cc1OC(C)C. The molecule has 0 aliphatic rings. The number of benzene rings is 2. The van der Waals surface area contributed by atoms with Crippen LogP contribution in [0.4, 0.5) is 29.1 Å². The zero-order chi connectivity index (χ0) is 32.3. The quantitative estimate of drug-likeness (QED) is 0.184. The summed E-state index contributed by atoms with van der Waals surface area (Å²) in [5.74, 6) is -0.976. The average molecular weight is 628 g/mol. The zero-order valence-corrected chi connectivity index (χ0v) is 23.9. The summed E-state index contributed by atoms with van der Waals surface area (Å²) in [6, 6.07) is 8.62. The van der Waals surface area contributed by atoms with E-state index in [0.717, 1.165) is 16.9 Å². The van der Waals surface area contributed by atoms with Gasteiger partial charge in [-0.05, 0) is 38.1 Å². The van der Waals surface area contributed by atoms with Gasteiger partial charge in [-0.3, -0.25) is 9.78 Å². The van der Waals surface area contributed by atoms with Gasteiger partial charge in [0.05, 0.1) is 43.0 Å². The van der Waals surface area contributed by atoms with Gasteiger partial charge in [0.2, 0.25) is 0 Å². The topological polar surface area (TPSA) is 149 Å². The van der Waals surface area contributed by atoms with Gasteiger partial charge in [0.1, 0.15) is 23.1 Å². The summed E-state index contributed by atoms with van der Waals surface area (Å²) in [4.78, 5) is 25.2. The molecule has 3 heterocycles. The van der Waals surface area contributed by atoms with E-state index in [1.807, 2.05) is 13.8 Å². The largest absolute Gasteiger partial charge is 0.493 e. The zero-order valence-electron chi connectivity index (χ0n) is 23.9. The molecule has 0 unspecified atom stereocenters. The molecule has 45 heavy (non-hydrogen) atoms. The number of amides is 1. The average Bonchev–Trinajstić information content (AvgIpc) is 3.41. The molecule has 234 valence electrons. The summed E-state index contributed by atoms with van der Waals surface area (Å²) >= 11 is 0. The number of alkyl halides is 3. The number of halogens is 4. The predicted molar refractivity (Wildman–Crippen MR) is 154 cm³/mol. The van der Waals surface area contributed by atoms with E-state index in [-0.39, 0.29) is 29.2 Å². The molecule has 0 radical (unpaired) electrons. The Bertz CT molecular complexity index is 1850. The van der Waals surface area contributed by atoms with Gasteiger partial charge >= 0.3 is 6.18 Å². The van der Waals surface area contributed by atoms with Crippen molar-refractivity contribution in [2.75, 3.05) is 24.8 Å². The Balaban J connectivity index is 1.38. The van der Waals surface area contributed by atoms with Crippen molar-refractivity contribution >= 4 is 28.3 Å². The minimum absolute atomic E-state index is 0.0396. The maximum absolute atomic E-state index is 15.2. The molecule has 16 heteroatoms. The molecule has 0 aliphatic heterocycles. The number of pyridine rings is 1. The number of ether oxygens (including phenoxy) is 4. The molecule has 0 saturated carbocycles. The number of carbonyl (C=O) groups excluding carboxylic acids is 1. The molecule has 0 atom stereocenters. The highest BCUT2D eigenvalue weighted by Gasteiger charge is 2.31. The van der Waals surface area contributed by atoms with Crippen LogP contribution in [0, 0.1) is 5.82 Å². The maximum atomic E-state index is 15.2. The van der Waals surface area contributed by atoms with E-state index in [9.17, 15) is 18.0 Å². The third-order valence-electron chi connectivity index (χ3n) is 5.95. The Morgan fingerprint density at radius 2 is 1.82 bits per heavy atom. The number of rotatable bonds is 10. The lowest BCUT2D eigenvalue weighted by Gasteiger charge is -2.16. The molecule has 2 aromatic carbocycles. The molecule has 12 nitrogen and oxygen atoms in total. The minimum atomic E-state index is -4.70. The van der Waals surface area contributed by atoms with Gasteiger partial charge in [-0.2, -0.15) is 18.3 Å². The summed E-state index contributed by atoms with van der Waals surface area (Å²) in [7, 11) is 1.50. The third-order valence-corrected chi connectivity index (χ3v) is 5.95. The van der Waals surface area contributed by atoms with Crippen LogP contribution in [0.1, 0.15) is 24.3 Å². The fourth-order valence-corrected chi connectivity index (χ4v) is 4.04. The first-order valence-electron chi connectivity index (χ1n) is 13.2. The third kappa shape index (κ3) is 7.29. The lowest BCUT2D eigenvalue weighted by atomic mass is 10.1. The number of carbonyl (C=O) groups is 1. The number of hydrogen-bond acceptors (Lipinski definition) is 10. The van der Waals surface area contributed by atoms with E-state index in [1.54, 1.807) is 18.2 Å². The van der Waals surface area contributed by atoms with Crippen molar-refractivity contribution in [1.82, 2.24) is 24.7 Å². The summed E-state index contributed by atoms with van der Waals surface area (Å²) in [5.41, 5.74) is 5.20. The molecule has 5 aromatic rings. The number of nitrogens with one attached hydrogen (secondary N) is 1. The van der Waals surface area contributed by atoms with Crippen molar-refractivity contribution in [3.05, 3.63) is 72.7 Å². The van der Waals surface area contributed by atoms with Gasteiger partial charge in [-0.25, -0.2) is 19.0 Å². The first-order valence-corrected chi connectivity index (χ1v) is 13.2. The normalized spacial score (nSPS) is 11.5. The number of aromatic nitrogens is 5. The van der Waals surface area contributed by atoms with Crippen LogP contribution in [-0.4, -0.2) is 56.6 Å². The number of nitrogen functional groups attached to an aromatic ring is 1. The summed E-state index contributed by atoms with van der Waals surface area (Å²) in [6.45, 7) is 2.05. The van der Waals surface area contributed by atoms with Gasteiger partial charge in [-0.1, -0.05) is 0 Å². The van der Waals surface area contributed by atoms with Gasteiger partial charge < -0.3 is 30.0 Å². The van der Waals surface area contributed by atoms with Crippen molar-refractivity contribution in [2.24, 2.45) is 0 Å². The van der Waals surface area contributed by atoms with E-state index in [4.69, 9.17) is 24.7 Å². The van der Waals surface area contributed by atoms with E-state index in [1.165, 1.54) is 37.8 Å². The molecule has 0 spiro atoms. The first-order chi connectivity index (χ1) is 21.4.